The quantitative estimate of drug-likeness (QED) is 0.0720. The highest BCUT2D eigenvalue weighted by atomic mass is 16.7. The number of benzene rings is 1. The number of carbonyl (C=O) groups is 3. The van der Waals surface area contributed by atoms with Crippen LogP contribution in [0.15, 0.2) is 100 Å². The maximum absolute atomic E-state index is 13.3. The van der Waals surface area contributed by atoms with Crippen molar-refractivity contribution >= 4 is 24.4 Å². The lowest BCUT2D eigenvalue weighted by atomic mass is 9.70. The first-order chi connectivity index (χ1) is 28.7. The van der Waals surface area contributed by atoms with Gasteiger partial charge in [-0.3, -0.25) is 9.59 Å². The molecule has 0 radical (unpaired) electrons. The fourth-order valence-corrected chi connectivity index (χ4v) is 9.93. The Bertz CT molecular complexity index is 2130. The largest absolute Gasteiger partial charge is 0.372 e. The third-order valence-corrected chi connectivity index (χ3v) is 13.7. The maximum Gasteiger partial charge on any atom is 0.336 e. The first-order valence-corrected chi connectivity index (χ1v) is 23.0. The number of likely N-dealkylation sites (tertiary alicyclic amines) is 1. The Morgan fingerprint density at radius 3 is 2.42 bits per heavy atom. The van der Waals surface area contributed by atoms with Crippen molar-refractivity contribution in [2.24, 2.45) is 11.3 Å². The molecule has 1 aromatic carbocycles. The van der Waals surface area contributed by atoms with Crippen LogP contribution in [-0.4, -0.2) is 47.4 Å². The number of hydrogen-bond acceptors (Lipinski definition) is 5. The highest BCUT2D eigenvalue weighted by Crippen LogP contribution is 2.44. The van der Waals surface area contributed by atoms with Crippen LogP contribution in [0, 0.1) is 17.4 Å². The topological polar surface area (TPSA) is 69.9 Å². The molecule has 0 aromatic heterocycles. The van der Waals surface area contributed by atoms with Crippen molar-refractivity contribution in [1.29, 1.82) is 0 Å². The van der Waals surface area contributed by atoms with Gasteiger partial charge in [-0.1, -0.05) is 139 Å². The van der Waals surface area contributed by atoms with Crippen molar-refractivity contribution in [3.05, 3.63) is 123 Å². The fourth-order valence-electron chi connectivity index (χ4n) is 9.93. The number of nitrogens with zero attached hydrogens (tertiary/aromatic N) is 3. The van der Waals surface area contributed by atoms with Gasteiger partial charge in [-0.2, -0.15) is 0 Å². The van der Waals surface area contributed by atoms with Crippen LogP contribution in [0.3, 0.4) is 0 Å². The summed E-state index contributed by atoms with van der Waals surface area (Å²) in [6.45, 7) is 27.2. The molecule has 5 aliphatic rings. The van der Waals surface area contributed by atoms with E-state index in [0.29, 0.717) is 31.0 Å². The molecule has 0 saturated carbocycles. The summed E-state index contributed by atoms with van der Waals surface area (Å²) in [7, 11) is 0. The van der Waals surface area contributed by atoms with Gasteiger partial charge < -0.3 is 14.3 Å². The number of rotatable bonds is 16. The second kappa shape index (κ2) is 19.4. The summed E-state index contributed by atoms with van der Waals surface area (Å²) in [5.74, 6) is -1.73. The lowest BCUT2D eigenvalue weighted by Crippen LogP contribution is -2.40. The SMILES string of the molecule is C=C1C=C(C(C)(C)/C(=C/C=C2\CCCC(/C=C/[C-]3[N+](CCCC)=c4ccc(=C)cc4C3(C)C)=C2N2CCC(C(=O)ON3C(=O)CCC3=O)CC2)CCCCCC)C(C)=CC1. The molecule has 0 N–H and O–H groups in total. The third kappa shape index (κ3) is 9.77. The molecule has 2 amide bonds. The van der Waals surface area contributed by atoms with Gasteiger partial charge in [-0.25, -0.2) is 4.79 Å². The van der Waals surface area contributed by atoms with Crippen molar-refractivity contribution in [3.8, 4) is 0 Å². The molecule has 2 saturated heterocycles. The molecule has 3 heterocycles. The molecule has 60 heavy (non-hydrogen) atoms. The van der Waals surface area contributed by atoms with Crippen molar-refractivity contribution < 1.29 is 19.2 Å². The van der Waals surface area contributed by atoms with Crippen molar-refractivity contribution in [2.75, 3.05) is 19.6 Å². The number of piperidine rings is 1. The van der Waals surface area contributed by atoms with Gasteiger partial charge in [0, 0.05) is 48.9 Å². The molecule has 1 aromatic rings. The summed E-state index contributed by atoms with van der Waals surface area (Å²) >= 11 is 0. The average Bonchev–Trinajstić information content (AvgIpc) is 3.65. The smallest absolute Gasteiger partial charge is 0.336 e. The molecule has 0 spiro atoms. The van der Waals surface area contributed by atoms with Gasteiger partial charge in [-0.15, -0.1) is 17.2 Å². The number of allylic oxidation sites excluding steroid dienone is 11. The standard InChI is InChI=1S/C53H71N3O4/c1-10-12-14-15-19-43(52(6,7)44-35-37(3)20-22-39(44)5)25-23-40-17-16-18-41(24-27-47-53(8,9)45-36-38(4)21-26-46(45)55(47)32-13-11-2)50(40)54-33-30-42(31-34-54)51(59)60-56-48(57)28-29-49(56)58/h21-27,35-36,42H,3-4,10-20,28-34H2,1-2,5-9H3/b27-24+,40-23+,43-25+. The van der Waals surface area contributed by atoms with E-state index in [1.54, 1.807) is 0 Å². The number of hydrogen-bond donors (Lipinski definition) is 0. The molecule has 7 nitrogen and oxygen atoms in total. The van der Waals surface area contributed by atoms with E-state index < -0.39 is 17.8 Å². The summed E-state index contributed by atoms with van der Waals surface area (Å²) < 4.78 is 2.53. The third-order valence-electron chi connectivity index (χ3n) is 13.7. The van der Waals surface area contributed by atoms with Crippen LogP contribution in [0.1, 0.15) is 150 Å². The first-order valence-electron chi connectivity index (χ1n) is 23.0. The van der Waals surface area contributed by atoms with E-state index in [9.17, 15) is 14.4 Å². The van der Waals surface area contributed by atoms with E-state index in [1.807, 2.05) is 0 Å². The van der Waals surface area contributed by atoms with E-state index in [0.717, 1.165) is 56.7 Å². The molecule has 322 valence electrons. The number of hydroxylamine groups is 2. The predicted octanol–water partition coefficient (Wildman–Crippen LogP) is 10.2. The summed E-state index contributed by atoms with van der Waals surface area (Å²) in [6, 6.07) is 7.95. The number of amides is 2. The van der Waals surface area contributed by atoms with Gasteiger partial charge in [0.15, 0.2) is 0 Å². The molecule has 0 unspecified atom stereocenters. The molecule has 6 rings (SSSR count). The summed E-state index contributed by atoms with van der Waals surface area (Å²) in [5.41, 5.74) is 10.3. The van der Waals surface area contributed by atoms with Gasteiger partial charge in [0.25, 0.3) is 11.8 Å². The lowest BCUT2D eigenvalue weighted by Gasteiger charge is -2.39. The van der Waals surface area contributed by atoms with E-state index in [-0.39, 0.29) is 29.6 Å². The van der Waals surface area contributed by atoms with Crippen LogP contribution < -0.4 is 15.2 Å². The Labute approximate surface area is 360 Å². The van der Waals surface area contributed by atoms with Gasteiger partial charge in [0.05, 0.1) is 12.0 Å². The normalized spacial score (nSPS) is 21.1. The van der Waals surface area contributed by atoms with Gasteiger partial charge >= 0.3 is 5.97 Å². The minimum atomic E-state index is -0.481. The second-order valence-corrected chi connectivity index (χ2v) is 18.8. The van der Waals surface area contributed by atoms with Crippen molar-refractivity contribution in [3.63, 3.8) is 0 Å². The number of imide groups is 1. The minimum absolute atomic E-state index is 0.0923. The first kappa shape index (κ1) is 44.9. The molecule has 7 heteroatoms. The van der Waals surface area contributed by atoms with E-state index in [1.165, 1.54) is 81.8 Å². The average molecular weight is 814 g/mol. The highest BCUT2D eigenvalue weighted by molar-refractivity contribution is 6.01. The Balaban J connectivity index is 1.38. The van der Waals surface area contributed by atoms with Gasteiger partial charge in [-0.05, 0) is 86.3 Å². The van der Waals surface area contributed by atoms with E-state index in [2.05, 4.69) is 126 Å². The van der Waals surface area contributed by atoms with Crippen LogP contribution >= 0.6 is 0 Å². The van der Waals surface area contributed by atoms with Gasteiger partial charge in [0.1, 0.15) is 11.9 Å². The zero-order valence-corrected chi connectivity index (χ0v) is 37.9. The van der Waals surface area contributed by atoms with Gasteiger partial charge in [0.2, 0.25) is 0 Å². The summed E-state index contributed by atoms with van der Waals surface area (Å²) in [5, 5.41) is 3.01. The molecular weight excluding hydrogens is 743 g/mol. The molecule has 2 aliphatic carbocycles. The molecule has 3 aliphatic heterocycles. The maximum atomic E-state index is 13.3. The van der Waals surface area contributed by atoms with Crippen LogP contribution in [0.2, 0.25) is 0 Å². The van der Waals surface area contributed by atoms with Crippen LogP contribution in [0.25, 0.3) is 6.58 Å². The van der Waals surface area contributed by atoms with Crippen LogP contribution in [-0.2, 0) is 24.6 Å². The number of carbonyl (C=O) groups excluding carboxylic acids is 3. The monoisotopic (exact) mass is 814 g/mol. The van der Waals surface area contributed by atoms with Crippen LogP contribution in [0.4, 0.5) is 0 Å². The van der Waals surface area contributed by atoms with Crippen molar-refractivity contribution in [2.45, 2.75) is 150 Å². The Morgan fingerprint density at radius 1 is 1.00 bits per heavy atom. The molecule has 0 bridgehead atoms. The zero-order valence-electron chi connectivity index (χ0n) is 37.9. The lowest BCUT2D eigenvalue weighted by molar-refractivity contribution is -0.201. The Hall–Kier alpha value is -4.65. The zero-order chi connectivity index (χ0) is 43.2. The summed E-state index contributed by atoms with van der Waals surface area (Å²) in [6.07, 6.45) is 27.7. The van der Waals surface area contributed by atoms with Crippen LogP contribution in [0.5, 0.6) is 0 Å². The second-order valence-electron chi connectivity index (χ2n) is 18.8. The van der Waals surface area contributed by atoms with E-state index >= 15 is 0 Å². The minimum Gasteiger partial charge on any atom is -0.372 e. The molecular formula is C53H71N3O4. The predicted molar refractivity (Wildman–Crippen MR) is 244 cm³/mol. The summed E-state index contributed by atoms with van der Waals surface area (Å²) in [4.78, 5) is 45.7. The Morgan fingerprint density at radius 2 is 1.72 bits per heavy atom. The molecule has 0 atom stereocenters. The molecule has 2 fully saturated rings. The highest BCUT2D eigenvalue weighted by Gasteiger charge is 2.40. The number of unbranched alkanes of at least 4 members (excludes halogenated alkanes) is 4. The van der Waals surface area contributed by atoms with Crippen molar-refractivity contribution in [1.82, 2.24) is 14.5 Å². The number of fused-ring (bicyclic) bond motifs is 1. The van der Waals surface area contributed by atoms with E-state index in [4.69, 9.17) is 4.84 Å². The Kier molecular flexibility index (Phi) is 14.5. The fraction of sp³-hybridized carbons (Fsp3) is 0.528.